The molecule has 2 heteroatoms. The van der Waals surface area contributed by atoms with E-state index in [1.807, 2.05) is 0 Å². The van der Waals surface area contributed by atoms with Gasteiger partial charge in [-0.2, -0.15) is 0 Å². The first kappa shape index (κ1) is 14.2. The molecule has 1 fully saturated rings. The minimum Gasteiger partial charge on any atom is -0.490 e. The molecule has 0 bridgehead atoms. The Morgan fingerprint density at radius 2 is 1.74 bits per heavy atom. The molecule has 0 unspecified atom stereocenters. The second-order valence-corrected chi connectivity index (χ2v) is 5.61. The van der Waals surface area contributed by atoms with Crippen LogP contribution in [0.2, 0.25) is 0 Å². The van der Waals surface area contributed by atoms with Crippen LogP contribution in [0.25, 0.3) is 0 Å². The predicted octanol–water partition coefficient (Wildman–Crippen LogP) is 4.86. The summed E-state index contributed by atoms with van der Waals surface area (Å²) >= 11 is 0. The minimum absolute atomic E-state index is 0.448. The molecule has 0 aliphatic heterocycles. The van der Waals surface area contributed by atoms with E-state index < -0.39 is 0 Å². The van der Waals surface area contributed by atoms with E-state index in [9.17, 15) is 0 Å². The molecule has 1 N–H and O–H groups in total. The fourth-order valence-corrected chi connectivity index (χ4v) is 2.69. The van der Waals surface area contributed by atoms with Gasteiger partial charge in [0, 0.05) is 12.2 Å². The number of nitrogens with one attached hydrogen (secondary N) is 1. The summed E-state index contributed by atoms with van der Waals surface area (Å²) in [7, 11) is 0. The molecule has 0 aromatic heterocycles. The molecule has 2 nitrogen and oxygen atoms in total. The molecule has 1 aromatic rings. The summed E-state index contributed by atoms with van der Waals surface area (Å²) in [6.07, 6.45) is 8.00. The Balaban J connectivity index is 1.80. The Bertz CT molecular complexity index is 350. The summed E-state index contributed by atoms with van der Waals surface area (Å²) < 4.78 is 5.97. The van der Waals surface area contributed by atoms with Crippen LogP contribution < -0.4 is 10.1 Å². The Hall–Kier alpha value is -1.18. The molecule has 0 radical (unpaired) electrons. The molecule has 2 rings (SSSR count). The molecule has 0 atom stereocenters. The molecule has 1 aromatic carbocycles. The van der Waals surface area contributed by atoms with Crippen LogP contribution in [0.5, 0.6) is 5.75 Å². The standard InChI is InChI=1S/C17H27NO/c1-3-14(4-2)13-18-15-9-11-17(12-10-15)19-16-7-5-6-8-16/h9-12,14,16,18H,3-8,13H2,1-2H3. The van der Waals surface area contributed by atoms with E-state index in [1.165, 1.54) is 44.2 Å². The van der Waals surface area contributed by atoms with Crippen molar-refractivity contribution < 1.29 is 4.74 Å². The lowest BCUT2D eigenvalue weighted by Gasteiger charge is -2.16. The molecule has 1 aliphatic carbocycles. The van der Waals surface area contributed by atoms with E-state index in [1.54, 1.807) is 0 Å². The molecule has 0 saturated heterocycles. The summed E-state index contributed by atoms with van der Waals surface area (Å²) in [5, 5.41) is 3.51. The highest BCUT2D eigenvalue weighted by Crippen LogP contribution is 2.25. The first-order valence-electron chi connectivity index (χ1n) is 7.82. The van der Waals surface area contributed by atoms with Crippen LogP contribution >= 0.6 is 0 Å². The van der Waals surface area contributed by atoms with E-state index >= 15 is 0 Å². The van der Waals surface area contributed by atoms with Crippen LogP contribution in [-0.2, 0) is 0 Å². The quantitative estimate of drug-likeness (QED) is 0.757. The first-order chi connectivity index (χ1) is 9.31. The van der Waals surface area contributed by atoms with Gasteiger partial charge in [-0.25, -0.2) is 0 Å². The molecule has 1 aliphatic rings. The molecule has 0 heterocycles. The Labute approximate surface area is 117 Å². The number of hydrogen-bond acceptors (Lipinski definition) is 2. The maximum atomic E-state index is 5.97. The van der Waals surface area contributed by atoms with Gasteiger partial charge in [-0.05, 0) is 55.9 Å². The summed E-state index contributed by atoms with van der Waals surface area (Å²) in [5.74, 6) is 1.79. The highest BCUT2D eigenvalue weighted by molar-refractivity contribution is 5.46. The average molecular weight is 261 g/mol. The first-order valence-corrected chi connectivity index (χ1v) is 7.82. The van der Waals surface area contributed by atoms with Crippen molar-refractivity contribution in [2.24, 2.45) is 5.92 Å². The molecule has 19 heavy (non-hydrogen) atoms. The summed E-state index contributed by atoms with van der Waals surface area (Å²) in [4.78, 5) is 0. The summed E-state index contributed by atoms with van der Waals surface area (Å²) in [6, 6.07) is 8.44. The normalized spacial score (nSPS) is 15.9. The van der Waals surface area contributed by atoms with Gasteiger partial charge >= 0.3 is 0 Å². The van der Waals surface area contributed by atoms with E-state index in [4.69, 9.17) is 4.74 Å². The lowest BCUT2D eigenvalue weighted by atomic mass is 10.0. The fourth-order valence-electron chi connectivity index (χ4n) is 2.69. The van der Waals surface area contributed by atoms with Gasteiger partial charge in [0.2, 0.25) is 0 Å². The molecular formula is C17H27NO. The number of hydrogen-bond donors (Lipinski definition) is 1. The highest BCUT2D eigenvalue weighted by Gasteiger charge is 2.16. The van der Waals surface area contributed by atoms with Crippen molar-refractivity contribution in [3.63, 3.8) is 0 Å². The molecule has 0 spiro atoms. The molecule has 1 saturated carbocycles. The number of ether oxygens (including phenoxy) is 1. The third-order valence-electron chi connectivity index (χ3n) is 4.21. The number of rotatable bonds is 7. The summed E-state index contributed by atoms with van der Waals surface area (Å²) in [5.41, 5.74) is 1.20. The van der Waals surface area contributed by atoms with Crippen molar-refractivity contribution in [1.29, 1.82) is 0 Å². The van der Waals surface area contributed by atoms with Crippen molar-refractivity contribution in [3.8, 4) is 5.75 Å². The van der Waals surface area contributed by atoms with Crippen molar-refractivity contribution in [2.75, 3.05) is 11.9 Å². The van der Waals surface area contributed by atoms with Crippen LogP contribution in [-0.4, -0.2) is 12.6 Å². The minimum atomic E-state index is 0.448. The van der Waals surface area contributed by atoms with Gasteiger partial charge in [0.15, 0.2) is 0 Å². The van der Waals surface area contributed by atoms with Crippen molar-refractivity contribution in [1.82, 2.24) is 0 Å². The van der Waals surface area contributed by atoms with Crippen LogP contribution in [0.3, 0.4) is 0 Å². The van der Waals surface area contributed by atoms with Crippen LogP contribution in [0.15, 0.2) is 24.3 Å². The monoisotopic (exact) mass is 261 g/mol. The van der Waals surface area contributed by atoms with E-state index in [0.29, 0.717) is 6.10 Å². The van der Waals surface area contributed by atoms with E-state index in [0.717, 1.165) is 18.2 Å². The van der Waals surface area contributed by atoms with Gasteiger partial charge in [0.25, 0.3) is 0 Å². The zero-order valence-corrected chi connectivity index (χ0v) is 12.3. The largest absolute Gasteiger partial charge is 0.490 e. The maximum absolute atomic E-state index is 5.97. The Morgan fingerprint density at radius 3 is 2.32 bits per heavy atom. The van der Waals surface area contributed by atoms with Crippen LogP contribution in [0.4, 0.5) is 5.69 Å². The third kappa shape index (κ3) is 4.45. The zero-order chi connectivity index (χ0) is 13.5. The van der Waals surface area contributed by atoms with Crippen LogP contribution in [0.1, 0.15) is 52.4 Å². The average Bonchev–Trinajstić information content (AvgIpc) is 2.95. The van der Waals surface area contributed by atoms with E-state index in [-0.39, 0.29) is 0 Å². The molecule has 0 amide bonds. The number of benzene rings is 1. The SMILES string of the molecule is CCC(CC)CNc1ccc(OC2CCCC2)cc1. The van der Waals surface area contributed by atoms with Gasteiger partial charge in [-0.1, -0.05) is 26.7 Å². The Morgan fingerprint density at radius 1 is 1.11 bits per heavy atom. The van der Waals surface area contributed by atoms with Crippen molar-refractivity contribution in [3.05, 3.63) is 24.3 Å². The summed E-state index contributed by atoms with van der Waals surface area (Å²) in [6.45, 7) is 5.58. The lowest BCUT2D eigenvalue weighted by Crippen LogP contribution is -2.13. The smallest absolute Gasteiger partial charge is 0.119 e. The zero-order valence-electron chi connectivity index (χ0n) is 12.3. The van der Waals surface area contributed by atoms with Gasteiger partial charge in [-0.3, -0.25) is 0 Å². The lowest BCUT2D eigenvalue weighted by molar-refractivity contribution is 0.210. The van der Waals surface area contributed by atoms with Gasteiger partial charge in [-0.15, -0.1) is 0 Å². The third-order valence-corrected chi connectivity index (χ3v) is 4.21. The van der Waals surface area contributed by atoms with E-state index in [2.05, 4.69) is 43.4 Å². The predicted molar refractivity (Wildman–Crippen MR) is 81.9 cm³/mol. The van der Waals surface area contributed by atoms with Crippen molar-refractivity contribution >= 4 is 5.69 Å². The fraction of sp³-hybridized carbons (Fsp3) is 0.647. The van der Waals surface area contributed by atoms with Gasteiger partial charge in [0.1, 0.15) is 5.75 Å². The van der Waals surface area contributed by atoms with Gasteiger partial charge in [0.05, 0.1) is 6.10 Å². The second-order valence-electron chi connectivity index (χ2n) is 5.61. The topological polar surface area (TPSA) is 21.3 Å². The molecule has 106 valence electrons. The second kappa shape index (κ2) is 7.42. The molecular weight excluding hydrogens is 234 g/mol. The highest BCUT2D eigenvalue weighted by atomic mass is 16.5. The van der Waals surface area contributed by atoms with Gasteiger partial charge < -0.3 is 10.1 Å². The van der Waals surface area contributed by atoms with Crippen molar-refractivity contribution in [2.45, 2.75) is 58.5 Å². The van der Waals surface area contributed by atoms with Crippen LogP contribution in [0, 0.1) is 5.92 Å². The maximum Gasteiger partial charge on any atom is 0.119 e. The Kier molecular flexibility index (Phi) is 5.56. The number of anilines is 1.